The maximum Gasteiger partial charge on any atom is 0.299 e. The highest BCUT2D eigenvalue weighted by atomic mass is 35.5. The first-order chi connectivity index (χ1) is 17.1. The predicted octanol–water partition coefficient (Wildman–Crippen LogP) is 4.97. The molecule has 192 valence electrons. The van der Waals surface area contributed by atoms with Crippen molar-refractivity contribution in [2.75, 3.05) is 29.6 Å². The van der Waals surface area contributed by atoms with Gasteiger partial charge in [-0.25, -0.2) is 4.98 Å². The molecule has 2 aromatic carbocycles. The molecule has 0 atom stereocenters. The van der Waals surface area contributed by atoms with Gasteiger partial charge in [-0.3, -0.25) is 4.72 Å². The fraction of sp³-hybridized carbons (Fsp3) is 0.333. The monoisotopic (exact) mass is 532 g/mol. The van der Waals surface area contributed by atoms with Gasteiger partial charge in [0.1, 0.15) is 5.02 Å². The Hall–Kier alpha value is -3.28. The first kappa shape index (κ1) is 25.8. The van der Waals surface area contributed by atoms with Crippen molar-refractivity contribution in [2.24, 2.45) is 0 Å². The average Bonchev–Trinajstić information content (AvgIpc) is 3.63. The van der Waals surface area contributed by atoms with Crippen molar-refractivity contribution in [3.8, 4) is 11.5 Å². The molecule has 0 amide bonds. The molecule has 1 aromatic heterocycles. The van der Waals surface area contributed by atoms with Crippen LogP contribution < -0.4 is 29.6 Å². The Bertz CT molecular complexity index is 1400. The number of aryl methyl sites for hydroxylation is 1. The van der Waals surface area contributed by atoms with Crippen LogP contribution in [0.3, 0.4) is 0 Å². The Morgan fingerprint density at radius 2 is 1.69 bits per heavy atom. The maximum absolute atomic E-state index is 12.3. The number of benzene rings is 2. The number of halogens is 1. The molecule has 1 aliphatic carbocycles. The molecule has 4 rings (SSSR count). The Morgan fingerprint density at radius 3 is 2.36 bits per heavy atom. The Morgan fingerprint density at radius 1 is 1.00 bits per heavy atom. The highest BCUT2D eigenvalue weighted by molar-refractivity contribution is 7.90. The van der Waals surface area contributed by atoms with Crippen molar-refractivity contribution >= 4 is 50.6 Å². The van der Waals surface area contributed by atoms with Gasteiger partial charge in [0.25, 0.3) is 10.2 Å². The number of aromatic nitrogens is 2. The summed E-state index contributed by atoms with van der Waals surface area (Å²) in [5.41, 5.74) is 4.49. The van der Waals surface area contributed by atoms with Gasteiger partial charge in [-0.1, -0.05) is 11.6 Å². The smallest absolute Gasteiger partial charge is 0.299 e. The van der Waals surface area contributed by atoms with Gasteiger partial charge in [0.15, 0.2) is 17.3 Å². The number of ether oxygens (including phenoxy) is 2. The second kappa shape index (κ2) is 10.4. The Labute approximate surface area is 216 Å². The molecule has 1 heterocycles. The zero-order valence-electron chi connectivity index (χ0n) is 20.7. The minimum atomic E-state index is -3.62. The lowest BCUT2D eigenvalue weighted by Gasteiger charge is -2.17. The summed E-state index contributed by atoms with van der Waals surface area (Å²) >= 11 is 6.37. The minimum Gasteiger partial charge on any atom is -0.493 e. The van der Waals surface area contributed by atoms with Crippen molar-refractivity contribution in [3.05, 3.63) is 52.2 Å². The lowest BCUT2D eigenvalue weighted by atomic mass is 10.1. The minimum absolute atomic E-state index is 0.0236. The van der Waals surface area contributed by atoms with Crippen LogP contribution in [-0.2, 0) is 10.2 Å². The lowest BCUT2D eigenvalue weighted by molar-refractivity contribution is 0.353. The molecule has 0 spiro atoms. The van der Waals surface area contributed by atoms with Crippen LogP contribution in [0.5, 0.6) is 11.5 Å². The van der Waals surface area contributed by atoms with Crippen molar-refractivity contribution in [2.45, 2.75) is 39.7 Å². The van der Waals surface area contributed by atoms with Gasteiger partial charge in [0.2, 0.25) is 5.95 Å². The second-order valence-corrected chi connectivity index (χ2v) is 10.4. The first-order valence-corrected chi connectivity index (χ1v) is 13.2. The lowest BCUT2D eigenvalue weighted by Crippen LogP contribution is -2.32. The van der Waals surface area contributed by atoms with Crippen molar-refractivity contribution in [1.82, 2.24) is 14.7 Å². The fourth-order valence-corrected chi connectivity index (χ4v) is 5.04. The van der Waals surface area contributed by atoms with E-state index in [0.29, 0.717) is 34.0 Å². The van der Waals surface area contributed by atoms with Crippen LogP contribution in [0.4, 0.5) is 28.8 Å². The quantitative estimate of drug-likeness (QED) is 0.288. The average molecular weight is 533 g/mol. The third-order valence-electron chi connectivity index (χ3n) is 5.85. The molecule has 3 aromatic rings. The molecule has 0 aliphatic heterocycles. The molecule has 1 aliphatic rings. The van der Waals surface area contributed by atoms with E-state index in [2.05, 4.69) is 30.0 Å². The highest BCUT2D eigenvalue weighted by Gasteiger charge is 2.27. The van der Waals surface area contributed by atoms with Crippen molar-refractivity contribution in [1.29, 1.82) is 0 Å². The molecule has 0 saturated heterocycles. The predicted molar refractivity (Wildman–Crippen MR) is 143 cm³/mol. The van der Waals surface area contributed by atoms with E-state index in [4.69, 9.17) is 21.1 Å². The van der Waals surface area contributed by atoms with Gasteiger partial charge in [0, 0.05) is 23.5 Å². The Balaban J connectivity index is 1.55. The maximum atomic E-state index is 12.3. The number of nitrogens with zero attached hydrogens (tertiary/aromatic N) is 2. The molecule has 1 fully saturated rings. The largest absolute Gasteiger partial charge is 0.493 e. The van der Waals surface area contributed by atoms with Crippen LogP contribution in [0, 0.1) is 20.8 Å². The molecule has 4 N–H and O–H groups in total. The number of anilines is 5. The van der Waals surface area contributed by atoms with Crippen LogP contribution in [0.15, 0.2) is 30.5 Å². The van der Waals surface area contributed by atoms with Gasteiger partial charge in [0.05, 0.1) is 26.1 Å². The van der Waals surface area contributed by atoms with E-state index in [-0.39, 0.29) is 6.04 Å². The van der Waals surface area contributed by atoms with E-state index in [1.54, 1.807) is 32.4 Å². The SMILES string of the molecule is COc1cc(Nc2ncc(Cl)c(Nc3ccc(NS(=O)(=O)NC4CC4)c(C)c3C)n2)cc(C)c1OC. The van der Waals surface area contributed by atoms with E-state index >= 15 is 0 Å². The Kier molecular flexibility index (Phi) is 7.43. The standard InChI is InChI=1S/C24H29ClN6O4S/c1-13-10-17(11-21(34-4)22(13)35-5)27-24-26-12-18(25)23(29-24)28-19-8-9-20(15(3)14(19)2)31-36(32,33)30-16-6-7-16/h8-12,16,30-31H,6-7H2,1-5H3,(H2,26,27,28,29). The molecular formula is C24H29ClN6O4S. The number of rotatable bonds is 10. The number of hydrogen-bond donors (Lipinski definition) is 4. The van der Waals surface area contributed by atoms with Crippen molar-refractivity contribution in [3.63, 3.8) is 0 Å². The van der Waals surface area contributed by atoms with Crippen LogP contribution in [0.1, 0.15) is 29.5 Å². The number of hydrogen-bond acceptors (Lipinski definition) is 8. The summed E-state index contributed by atoms with van der Waals surface area (Å²) in [7, 11) is -0.457. The van der Waals surface area contributed by atoms with E-state index in [9.17, 15) is 8.42 Å². The summed E-state index contributed by atoms with van der Waals surface area (Å²) in [4.78, 5) is 8.80. The van der Waals surface area contributed by atoms with Gasteiger partial charge < -0.3 is 20.1 Å². The van der Waals surface area contributed by atoms with Crippen LogP contribution in [-0.4, -0.2) is 38.6 Å². The van der Waals surface area contributed by atoms with Crippen LogP contribution in [0.2, 0.25) is 5.02 Å². The first-order valence-electron chi connectivity index (χ1n) is 11.3. The topological polar surface area (TPSA) is 126 Å². The molecule has 1 saturated carbocycles. The summed E-state index contributed by atoms with van der Waals surface area (Å²) in [5, 5.41) is 6.73. The number of nitrogens with one attached hydrogen (secondary N) is 4. The molecular weight excluding hydrogens is 504 g/mol. The summed E-state index contributed by atoms with van der Waals surface area (Å²) in [6.07, 6.45) is 3.23. The highest BCUT2D eigenvalue weighted by Crippen LogP contribution is 2.35. The zero-order chi connectivity index (χ0) is 26.0. The number of methoxy groups -OCH3 is 2. The fourth-order valence-electron chi connectivity index (χ4n) is 3.66. The summed E-state index contributed by atoms with van der Waals surface area (Å²) in [6.45, 7) is 5.66. The summed E-state index contributed by atoms with van der Waals surface area (Å²) < 4.78 is 40.7. The van der Waals surface area contributed by atoms with E-state index in [1.165, 1.54) is 6.20 Å². The zero-order valence-corrected chi connectivity index (χ0v) is 22.3. The third kappa shape index (κ3) is 5.92. The van der Waals surface area contributed by atoms with Gasteiger partial charge >= 0.3 is 0 Å². The normalized spacial score (nSPS) is 13.3. The van der Waals surface area contributed by atoms with Crippen LogP contribution >= 0.6 is 11.6 Å². The van der Waals surface area contributed by atoms with Crippen molar-refractivity contribution < 1.29 is 17.9 Å². The summed E-state index contributed by atoms with van der Waals surface area (Å²) in [5.74, 6) is 1.97. The van der Waals surface area contributed by atoms with E-state index in [0.717, 1.165) is 40.9 Å². The molecule has 0 bridgehead atoms. The molecule has 0 unspecified atom stereocenters. The third-order valence-corrected chi connectivity index (χ3v) is 7.26. The summed E-state index contributed by atoms with van der Waals surface area (Å²) in [6, 6.07) is 7.20. The van der Waals surface area contributed by atoms with E-state index in [1.807, 2.05) is 26.8 Å². The van der Waals surface area contributed by atoms with Gasteiger partial charge in [-0.2, -0.15) is 18.1 Å². The van der Waals surface area contributed by atoms with Gasteiger partial charge in [-0.05, 0) is 68.5 Å². The second-order valence-electron chi connectivity index (χ2n) is 8.58. The molecule has 12 heteroatoms. The van der Waals surface area contributed by atoms with Crippen LogP contribution in [0.25, 0.3) is 0 Å². The molecule has 0 radical (unpaired) electrons. The van der Waals surface area contributed by atoms with E-state index < -0.39 is 10.2 Å². The molecule has 10 nitrogen and oxygen atoms in total. The molecule has 36 heavy (non-hydrogen) atoms. The van der Waals surface area contributed by atoms with Gasteiger partial charge in [-0.15, -0.1) is 0 Å².